The summed E-state index contributed by atoms with van der Waals surface area (Å²) in [5, 5.41) is 0. The number of rotatable bonds is 6. The third kappa shape index (κ3) is 5.31. The van der Waals surface area contributed by atoms with E-state index in [9.17, 15) is 0 Å². The molecule has 0 amide bonds. The quantitative estimate of drug-likeness (QED) is 0.212. The van der Waals surface area contributed by atoms with Crippen molar-refractivity contribution in [2.24, 2.45) is 0 Å². The van der Waals surface area contributed by atoms with Crippen LogP contribution in [0, 0.1) is 0 Å². The Balaban J connectivity index is 1.37. The van der Waals surface area contributed by atoms with Gasteiger partial charge in [-0.15, -0.1) is 0 Å². The van der Waals surface area contributed by atoms with E-state index in [1.165, 1.54) is 0 Å². The lowest BCUT2D eigenvalue weighted by molar-refractivity contribution is 1.07. The number of pyridine rings is 2. The average molecular weight is 540 g/mol. The van der Waals surface area contributed by atoms with E-state index in [2.05, 4.69) is 92.7 Å². The van der Waals surface area contributed by atoms with Crippen LogP contribution in [0.3, 0.4) is 0 Å². The fraction of sp³-hybridized carbons (Fsp3) is 0. The number of nitrogens with zero attached hydrogens (tertiary/aromatic N) is 5. The summed E-state index contributed by atoms with van der Waals surface area (Å²) in [7, 11) is 0. The maximum absolute atomic E-state index is 5.00. The summed E-state index contributed by atoms with van der Waals surface area (Å²) in [6, 6.07) is 41.6. The van der Waals surface area contributed by atoms with E-state index in [1.54, 1.807) is 18.7 Å². The summed E-state index contributed by atoms with van der Waals surface area (Å²) in [6.07, 6.45) is 8.92. The highest BCUT2D eigenvalue weighted by atomic mass is 15.0. The number of hydrogen-bond acceptors (Lipinski definition) is 5. The first kappa shape index (κ1) is 25.2. The Morgan fingerprint density at radius 2 is 0.714 bits per heavy atom. The van der Waals surface area contributed by atoms with Crippen molar-refractivity contribution < 1.29 is 0 Å². The molecule has 42 heavy (non-hydrogen) atoms. The van der Waals surface area contributed by atoms with Gasteiger partial charge in [0.05, 0.1) is 0 Å². The average Bonchev–Trinajstić information content (AvgIpc) is 3.09. The van der Waals surface area contributed by atoms with E-state index < -0.39 is 0 Å². The topological polar surface area (TPSA) is 64.5 Å². The Labute approximate surface area is 244 Å². The van der Waals surface area contributed by atoms with Crippen LogP contribution in [-0.4, -0.2) is 24.9 Å². The van der Waals surface area contributed by atoms with Crippen LogP contribution >= 0.6 is 0 Å². The third-order valence-electron chi connectivity index (χ3n) is 7.16. The SMILES string of the molecule is c1ccc(-c2cc(-c3cccnc3)cc(-c3ncnc(-c4cc(-c5ccccc5)cc(-c5cccnc5)c4)n3)c2)cc1. The van der Waals surface area contributed by atoms with Gasteiger partial charge in [0.15, 0.2) is 11.6 Å². The van der Waals surface area contributed by atoms with Crippen molar-refractivity contribution in [1.82, 2.24) is 24.9 Å². The summed E-state index contributed by atoms with van der Waals surface area (Å²) in [5.41, 5.74) is 10.4. The normalized spacial score (nSPS) is 10.9. The van der Waals surface area contributed by atoms with E-state index in [0.29, 0.717) is 11.6 Å². The molecule has 5 heteroatoms. The molecule has 7 rings (SSSR count). The molecule has 198 valence electrons. The second-order valence-corrected chi connectivity index (χ2v) is 9.95. The van der Waals surface area contributed by atoms with E-state index in [0.717, 1.165) is 55.6 Å². The standard InChI is InChI=1S/C37H25N5/c1-3-9-26(10-4-1)30-17-32(28-13-7-15-38-23-28)21-34(19-30)36-40-25-41-37(42-36)35-20-31(27-11-5-2-6-12-27)18-33(22-35)29-14-8-16-39-24-29/h1-25H. The number of hydrogen-bond donors (Lipinski definition) is 0. The molecule has 0 saturated heterocycles. The van der Waals surface area contributed by atoms with Crippen molar-refractivity contribution in [2.75, 3.05) is 0 Å². The summed E-state index contributed by atoms with van der Waals surface area (Å²) in [5.74, 6) is 1.21. The van der Waals surface area contributed by atoms with Crippen LogP contribution in [0.1, 0.15) is 0 Å². The van der Waals surface area contributed by atoms with Crippen LogP contribution in [0.5, 0.6) is 0 Å². The predicted octanol–water partition coefficient (Wildman–Crippen LogP) is 8.66. The number of benzene rings is 4. The van der Waals surface area contributed by atoms with Gasteiger partial charge in [0.2, 0.25) is 0 Å². The summed E-state index contributed by atoms with van der Waals surface area (Å²) in [4.78, 5) is 22.9. The molecule has 0 fully saturated rings. The van der Waals surface area contributed by atoms with Gasteiger partial charge in [-0.2, -0.15) is 0 Å². The maximum Gasteiger partial charge on any atom is 0.163 e. The monoisotopic (exact) mass is 539 g/mol. The minimum absolute atomic E-state index is 0.607. The fourth-order valence-corrected chi connectivity index (χ4v) is 5.08. The van der Waals surface area contributed by atoms with Gasteiger partial charge in [-0.3, -0.25) is 9.97 Å². The molecule has 5 nitrogen and oxygen atoms in total. The van der Waals surface area contributed by atoms with Crippen LogP contribution in [-0.2, 0) is 0 Å². The first-order valence-corrected chi connectivity index (χ1v) is 13.7. The van der Waals surface area contributed by atoms with Gasteiger partial charge >= 0.3 is 0 Å². The van der Waals surface area contributed by atoms with Crippen LogP contribution in [0.2, 0.25) is 0 Å². The zero-order valence-electron chi connectivity index (χ0n) is 22.7. The smallest absolute Gasteiger partial charge is 0.163 e. The first-order chi connectivity index (χ1) is 20.8. The van der Waals surface area contributed by atoms with Gasteiger partial charge in [0.1, 0.15) is 6.33 Å². The Morgan fingerprint density at radius 3 is 1.12 bits per heavy atom. The minimum atomic E-state index is 0.607. The highest BCUT2D eigenvalue weighted by Gasteiger charge is 2.13. The van der Waals surface area contributed by atoms with Crippen molar-refractivity contribution in [3.8, 4) is 67.3 Å². The van der Waals surface area contributed by atoms with Crippen LogP contribution < -0.4 is 0 Å². The molecule has 4 aromatic carbocycles. The molecule has 3 heterocycles. The highest BCUT2D eigenvalue weighted by molar-refractivity contribution is 5.81. The van der Waals surface area contributed by atoms with Gasteiger partial charge in [0.25, 0.3) is 0 Å². The lowest BCUT2D eigenvalue weighted by Crippen LogP contribution is -1.97. The van der Waals surface area contributed by atoms with Crippen molar-refractivity contribution in [2.45, 2.75) is 0 Å². The summed E-state index contributed by atoms with van der Waals surface area (Å²) in [6.45, 7) is 0. The minimum Gasteiger partial charge on any atom is -0.264 e. The molecule has 0 N–H and O–H groups in total. The molecule has 0 saturated carbocycles. The summed E-state index contributed by atoms with van der Waals surface area (Å²) >= 11 is 0. The molecule has 3 aromatic heterocycles. The third-order valence-corrected chi connectivity index (χ3v) is 7.16. The molecule has 0 atom stereocenters. The Morgan fingerprint density at radius 1 is 0.333 bits per heavy atom. The van der Waals surface area contributed by atoms with Gasteiger partial charge < -0.3 is 0 Å². The van der Waals surface area contributed by atoms with E-state index in [1.807, 2.05) is 60.9 Å². The molecule has 7 aromatic rings. The van der Waals surface area contributed by atoms with Crippen LogP contribution in [0.25, 0.3) is 67.3 Å². The van der Waals surface area contributed by atoms with E-state index in [-0.39, 0.29) is 0 Å². The van der Waals surface area contributed by atoms with Gasteiger partial charge in [-0.25, -0.2) is 15.0 Å². The molecule has 0 spiro atoms. The fourth-order valence-electron chi connectivity index (χ4n) is 5.08. The summed E-state index contributed by atoms with van der Waals surface area (Å²) < 4.78 is 0. The Hall–Kier alpha value is -5.81. The number of aromatic nitrogens is 5. The van der Waals surface area contributed by atoms with Crippen molar-refractivity contribution >= 4 is 0 Å². The molecule has 0 aliphatic rings. The maximum atomic E-state index is 5.00. The largest absolute Gasteiger partial charge is 0.264 e. The van der Waals surface area contributed by atoms with Crippen LogP contribution in [0.4, 0.5) is 0 Å². The Bertz CT molecular complexity index is 1700. The predicted molar refractivity (Wildman–Crippen MR) is 168 cm³/mol. The lowest BCUT2D eigenvalue weighted by Gasteiger charge is -2.12. The molecule has 0 aliphatic heterocycles. The second kappa shape index (κ2) is 11.4. The van der Waals surface area contributed by atoms with Gasteiger partial charge in [-0.1, -0.05) is 72.8 Å². The van der Waals surface area contributed by atoms with Crippen molar-refractivity contribution in [3.63, 3.8) is 0 Å². The lowest BCUT2D eigenvalue weighted by atomic mass is 9.96. The molecular formula is C37H25N5. The zero-order chi connectivity index (χ0) is 28.1. The highest BCUT2D eigenvalue weighted by Crippen LogP contribution is 2.34. The zero-order valence-corrected chi connectivity index (χ0v) is 22.7. The molecule has 0 radical (unpaired) electrons. The van der Waals surface area contributed by atoms with Crippen molar-refractivity contribution in [1.29, 1.82) is 0 Å². The van der Waals surface area contributed by atoms with Gasteiger partial charge in [-0.05, 0) is 81.9 Å². The molecular weight excluding hydrogens is 514 g/mol. The first-order valence-electron chi connectivity index (χ1n) is 13.7. The van der Waals surface area contributed by atoms with E-state index >= 15 is 0 Å². The molecule has 0 unspecified atom stereocenters. The van der Waals surface area contributed by atoms with E-state index in [4.69, 9.17) is 4.98 Å². The molecule has 0 aliphatic carbocycles. The van der Waals surface area contributed by atoms with Gasteiger partial charge in [0, 0.05) is 47.0 Å². The van der Waals surface area contributed by atoms with Crippen molar-refractivity contribution in [3.05, 3.63) is 152 Å². The van der Waals surface area contributed by atoms with Crippen LogP contribution in [0.15, 0.2) is 152 Å². The second-order valence-electron chi connectivity index (χ2n) is 9.95. The molecule has 0 bridgehead atoms. The Kier molecular flexibility index (Phi) is 6.81.